The van der Waals surface area contributed by atoms with Crippen molar-refractivity contribution in [1.82, 2.24) is 5.32 Å². The van der Waals surface area contributed by atoms with Crippen LogP contribution in [0.2, 0.25) is 0 Å². The molecule has 3 unspecified atom stereocenters. The molecule has 3 atom stereocenters. The van der Waals surface area contributed by atoms with Gasteiger partial charge in [0, 0.05) is 18.2 Å². The summed E-state index contributed by atoms with van der Waals surface area (Å²) in [4.78, 5) is 22.5. The van der Waals surface area contributed by atoms with Crippen LogP contribution in [0.5, 0.6) is 0 Å². The summed E-state index contributed by atoms with van der Waals surface area (Å²) in [5.74, 6) is -2.59. The van der Waals surface area contributed by atoms with Crippen molar-refractivity contribution in [3.8, 4) is 0 Å². The van der Waals surface area contributed by atoms with E-state index in [0.29, 0.717) is 0 Å². The molecule has 0 aromatic heterocycles. The highest BCUT2D eigenvalue weighted by Crippen LogP contribution is 2.03. The first kappa shape index (κ1) is 16.9. The van der Waals surface area contributed by atoms with Gasteiger partial charge in [0.1, 0.15) is 15.9 Å². The summed E-state index contributed by atoms with van der Waals surface area (Å²) in [6.07, 6.45) is 0.851. The normalized spacial score (nSPS) is 16.7. The van der Waals surface area contributed by atoms with Gasteiger partial charge in [-0.05, 0) is 13.3 Å². The SMILES string of the molecule is CC(N)C(C)C(=O)NC(CCS(C)(=O)=O)C(=O)O. The molecule has 0 aromatic carbocycles. The summed E-state index contributed by atoms with van der Waals surface area (Å²) in [6.45, 7) is 3.21. The van der Waals surface area contributed by atoms with Crippen LogP contribution in [-0.4, -0.2) is 49.5 Å². The Balaban J connectivity index is 4.55. The van der Waals surface area contributed by atoms with Crippen molar-refractivity contribution in [2.75, 3.05) is 12.0 Å². The average Bonchev–Trinajstić information content (AvgIpc) is 2.20. The zero-order valence-electron chi connectivity index (χ0n) is 10.7. The molecule has 0 aliphatic carbocycles. The quantitative estimate of drug-likeness (QED) is 0.547. The van der Waals surface area contributed by atoms with Gasteiger partial charge >= 0.3 is 5.97 Å². The molecule has 0 rings (SSSR count). The van der Waals surface area contributed by atoms with Crippen LogP contribution >= 0.6 is 0 Å². The van der Waals surface area contributed by atoms with Crippen molar-refractivity contribution in [3.63, 3.8) is 0 Å². The first-order chi connectivity index (χ1) is 8.04. The number of nitrogens with one attached hydrogen (secondary N) is 1. The molecule has 0 aromatic rings. The highest BCUT2D eigenvalue weighted by molar-refractivity contribution is 7.90. The van der Waals surface area contributed by atoms with Crippen LogP contribution in [0.3, 0.4) is 0 Å². The molecule has 18 heavy (non-hydrogen) atoms. The van der Waals surface area contributed by atoms with E-state index in [1.807, 2.05) is 0 Å². The second-order valence-electron chi connectivity index (χ2n) is 4.47. The molecule has 106 valence electrons. The molecular formula is C10H20N2O5S. The number of carboxylic acids is 1. The van der Waals surface area contributed by atoms with Crippen LogP contribution in [0.4, 0.5) is 0 Å². The van der Waals surface area contributed by atoms with Crippen LogP contribution < -0.4 is 11.1 Å². The Labute approximate surface area is 107 Å². The van der Waals surface area contributed by atoms with Crippen molar-refractivity contribution in [2.24, 2.45) is 11.7 Å². The molecule has 0 spiro atoms. The zero-order valence-corrected chi connectivity index (χ0v) is 11.5. The number of carboxylic acid groups (broad SMARTS) is 1. The zero-order chi connectivity index (χ0) is 14.5. The smallest absolute Gasteiger partial charge is 0.326 e. The minimum atomic E-state index is -3.26. The summed E-state index contributed by atoms with van der Waals surface area (Å²) in [5.41, 5.74) is 5.53. The lowest BCUT2D eigenvalue weighted by Crippen LogP contribution is -2.47. The fraction of sp³-hybridized carbons (Fsp3) is 0.800. The van der Waals surface area contributed by atoms with Crippen LogP contribution in [-0.2, 0) is 19.4 Å². The van der Waals surface area contributed by atoms with Crippen molar-refractivity contribution in [1.29, 1.82) is 0 Å². The van der Waals surface area contributed by atoms with Gasteiger partial charge in [0.2, 0.25) is 5.91 Å². The molecule has 4 N–H and O–H groups in total. The Morgan fingerprint density at radius 2 is 1.83 bits per heavy atom. The van der Waals surface area contributed by atoms with E-state index in [0.717, 1.165) is 6.26 Å². The number of hydrogen-bond donors (Lipinski definition) is 3. The second kappa shape index (κ2) is 6.69. The molecule has 0 aliphatic heterocycles. The molecule has 0 radical (unpaired) electrons. The van der Waals surface area contributed by atoms with E-state index in [1.165, 1.54) is 0 Å². The molecule has 0 aliphatic rings. The van der Waals surface area contributed by atoms with Gasteiger partial charge < -0.3 is 16.2 Å². The molecule has 0 heterocycles. The van der Waals surface area contributed by atoms with Gasteiger partial charge in [0.15, 0.2) is 0 Å². The van der Waals surface area contributed by atoms with Crippen LogP contribution in [0.15, 0.2) is 0 Å². The molecule has 1 amide bonds. The monoisotopic (exact) mass is 280 g/mol. The maximum Gasteiger partial charge on any atom is 0.326 e. The minimum absolute atomic E-state index is 0.161. The lowest BCUT2D eigenvalue weighted by atomic mass is 10.0. The molecule has 7 nitrogen and oxygen atoms in total. The van der Waals surface area contributed by atoms with E-state index < -0.39 is 39.7 Å². The van der Waals surface area contributed by atoms with E-state index >= 15 is 0 Å². The fourth-order valence-corrected chi connectivity index (χ4v) is 1.80. The number of aliphatic carboxylic acids is 1. The van der Waals surface area contributed by atoms with Crippen LogP contribution in [0.1, 0.15) is 20.3 Å². The van der Waals surface area contributed by atoms with Crippen LogP contribution in [0.25, 0.3) is 0 Å². The molecule has 8 heteroatoms. The van der Waals surface area contributed by atoms with Gasteiger partial charge in [-0.3, -0.25) is 4.79 Å². The van der Waals surface area contributed by atoms with E-state index in [2.05, 4.69) is 5.32 Å². The fourth-order valence-electron chi connectivity index (χ4n) is 1.13. The highest BCUT2D eigenvalue weighted by Gasteiger charge is 2.25. The van der Waals surface area contributed by atoms with E-state index in [9.17, 15) is 18.0 Å². The van der Waals surface area contributed by atoms with Crippen LogP contribution in [0, 0.1) is 5.92 Å². The third-order valence-electron chi connectivity index (χ3n) is 2.59. The number of carbonyl (C=O) groups is 2. The number of carbonyl (C=O) groups excluding carboxylic acids is 1. The first-order valence-electron chi connectivity index (χ1n) is 5.51. The molecule has 0 bridgehead atoms. The Morgan fingerprint density at radius 1 is 1.33 bits per heavy atom. The van der Waals surface area contributed by atoms with Crippen molar-refractivity contribution in [3.05, 3.63) is 0 Å². The average molecular weight is 280 g/mol. The van der Waals surface area contributed by atoms with E-state index in [4.69, 9.17) is 10.8 Å². The number of rotatable bonds is 7. The van der Waals surface area contributed by atoms with E-state index in [-0.39, 0.29) is 12.2 Å². The Bertz CT molecular complexity index is 404. The van der Waals surface area contributed by atoms with Crippen molar-refractivity contribution >= 4 is 21.7 Å². The lowest BCUT2D eigenvalue weighted by Gasteiger charge is -2.19. The number of nitrogens with two attached hydrogens (primary N) is 1. The second-order valence-corrected chi connectivity index (χ2v) is 6.73. The summed E-state index contributed by atoms with van der Waals surface area (Å²) in [7, 11) is -3.26. The van der Waals surface area contributed by atoms with Crippen molar-refractivity contribution in [2.45, 2.75) is 32.4 Å². The first-order valence-corrected chi connectivity index (χ1v) is 7.57. The lowest BCUT2D eigenvalue weighted by molar-refractivity contribution is -0.142. The Kier molecular flexibility index (Phi) is 6.27. The summed E-state index contributed by atoms with van der Waals surface area (Å²) in [6, 6.07) is -1.62. The number of amides is 1. The number of sulfone groups is 1. The predicted octanol–water partition coefficient (Wildman–Crippen LogP) is -1.03. The molecule has 0 fully saturated rings. The standard InChI is InChI=1S/C10H20N2O5S/c1-6(7(2)11)9(13)12-8(10(14)15)4-5-18(3,16)17/h6-8H,4-5,11H2,1-3H3,(H,12,13)(H,14,15). The minimum Gasteiger partial charge on any atom is -0.480 e. The molecule has 0 saturated carbocycles. The van der Waals surface area contributed by atoms with Gasteiger partial charge in [0.25, 0.3) is 0 Å². The maximum absolute atomic E-state index is 11.6. The third kappa shape index (κ3) is 6.55. The summed E-state index contributed by atoms with van der Waals surface area (Å²) < 4.78 is 21.9. The van der Waals surface area contributed by atoms with Gasteiger partial charge in [-0.25, -0.2) is 13.2 Å². The summed E-state index contributed by atoms with van der Waals surface area (Å²) in [5, 5.41) is 11.2. The highest BCUT2D eigenvalue weighted by atomic mass is 32.2. The number of hydrogen-bond acceptors (Lipinski definition) is 5. The molecule has 0 saturated heterocycles. The van der Waals surface area contributed by atoms with Crippen molar-refractivity contribution < 1.29 is 23.1 Å². The Morgan fingerprint density at radius 3 is 2.17 bits per heavy atom. The predicted molar refractivity (Wildman–Crippen MR) is 66.7 cm³/mol. The summed E-state index contributed by atoms with van der Waals surface area (Å²) >= 11 is 0. The maximum atomic E-state index is 11.6. The van der Waals surface area contributed by atoms with Gasteiger partial charge in [-0.1, -0.05) is 6.92 Å². The van der Waals surface area contributed by atoms with Gasteiger partial charge in [0.05, 0.1) is 5.75 Å². The van der Waals surface area contributed by atoms with Gasteiger partial charge in [-0.15, -0.1) is 0 Å². The third-order valence-corrected chi connectivity index (χ3v) is 3.57. The topological polar surface area (TPSA) is 127 Å². The van der Waals surface area contributed by atoms with Gasteiger partial charge in [-0.2, -0.15) is 0 Å². The largest absolute Gasteiger partial charge is 0.480 e. The molecular weight excluding hydrogens is 260 g/mol. The Hall–Kier alpha value is -1.15. The van der Waals surface area contributed by atoms with E-state index in [1.54, 1.807) is 13.8 Å².